The Morgan fingerprint density at radius 2 is 1.93 bits per heavy atom. The third-order valence-corrected chi connectivity index (χ3v) is 1.86. The van der Waals surface area contributed by atoms with Crippen molar-refractivity contribution < 1.29 is 14.7 Å². The molecule has 0 saturated heterocycles. The lowest BCUT2D eigenvalue weighted by Crippen LogP contribution is -2.33. The minimum Gasteiger partial charge on any atom is -0.478 e. The predicted molar refractivity (Wildman–Crippen MR) is 52.7 cm³/mol. The topological polar surface area (TPSA) is 106 Å². The number of hydrogen-bond acceptors (Lipinski definition) is 4. The van der Waals surface area contributed by atoms with E-state index in [0.29, 0.717) is 13.0 Å². The lowest BCUT2D eigenvalue weighted by atomic mass is 10.0. The number of hydrogen-bond donors (Lipinski definition) is 3. The molecule has 0 spiro atoms. The van der Waals surface area contributed by atoms with E-state index in [0.717, 1.165) is 12.8 Å². The molecule has 5 N–H and O–H groups in total. The first-order valence-electron chi connectivity index (χ1n) is 4.42. The summed E-state index contributed by atoms with van der Waals surface area (Å²) in [6.07, 6.45) is 1.94. The summed E-state index contributed by atoms with van der Waals surface area (Å²) in [4.78, 5) is 21.6. The predicted octanol–water partition coefficient (Wildman–Crippen LogP) is -0.347. The van der Waals surface area contributed by atoms with Gasteiger partial charge in [0, 0.05) is 0 Å². The van der Waals surface area contributed by atoms with E-state index < -0.39 is 23.4 Å². The zero-order chi connectivity index (χ0) is 11.1. The van der Waals surface area contributed by atoms with Crippen molar-refractivity contribution in [1.29, 1.82) is 0 Å². The molecule has 0 fully saturated rings. The summed E-state index contributed by atoms with van der Waals surface area (Å²) >= 11 is 0. The lowest BCUT2D eigenvalue weighted by molar-refractivity contribution is -0.134. The van der Waals surface area contributed by atoms with Gasteiger partial charge in [-0.1, -0.05) is 13.0 Å². The van der Waals surface area contributed by atoms with Crippen LogP contribution in [-0.2, 0) is 9.59 Å². The average Bonchev–Trinajstić information content (AvgIpc) is 2.15. The van der Waals surface area contributed by atoms with Gasteiger partial charge in [0.15, 0.2) is 5.78 Å². The van der Waals surface area contributed by atoms with Crippen LogP contribution in [0.3, 0.4) is 0 Å². The fraction of sp³-hybridized carbons (Fsp3) is 0.556. The summed E-state index contributed by atoms with van der Waals surface area (Å²) in [5, 5.41) is 8.48. The Hall–Kier alpha value is -1.20. The van der Waals surface area contributed by atoms with Crippen LogP contribution in [0.5, 0.6) is 0 Å². The lowest BCUT2D eigenvalue weighted by Gasteiger charge is -2.09. The molecule has 0 amide bonds. The number of carboxylic acids is 1. The highest BCUT2D eigenvalue weighted by Crippen LogP contribution is 2.04. The SMILES string of the molecule is C=C(C(=O)O)C(=O)[C@@H](N)CCCCN. The summed E-state index contributed by atoms with van der Waals surface area (Å²) in [5.41, 5.74) is 10.3. The second-order valence-corrected chi connectivity index (χ2v) is 3.04. The highest BCUT2D eigenvalue weighted by atomic mass is 16.4. The van der Waals surface area contributed by atoms with E-state index in [2.05, 4.69) is 6.58 Å². The fourth-order valence-corrected chi connectivity index (χ4v) is 0.969. The highest BCUT2D eigenvalue weighted by molar-refractivity contribution is 6.17. The average molecular weight is 200 g/mol. The van der Waals surface area contributed by atoms with Crippen LogP contribution in [0.15, 0.2) is 12.2 Å². The number of nitrogens with two attached hydrogens (primary N) is 2. The summed E-state index contributed by atoms with van der Waals surface area (Å²) in [6, 6.07) is -0.773. The molecule has 1 atom stereocenters. The summed E-state index contributed by atoms with van der Waals surface area (Å²) in [6.45, 7) is 3.69. The van der Waals surface area contributed by atoms with Gasteiger partial charge in [-0.3, -0.25) is 4.79 Å². The Labute approximate surface area is 82.8 Å². The van der Waals surface area contributed by atoms with Crippen LogP contribution in [0.1, 0.15) is 19.3 Å². The molecule has 0 aromatic rings. The smallest absolute Gasteiger partial charge is 0.338 e. The van der Waals surface area contributed by atoms with Gasteiger partial charge >= 0.3 is 5.97 Å². The molecule has 0 bridgehead atoms. The number of unbranched alkanes of at least 4 members (excludes halogenated alkanes) is 1. The number of Topliss-reactive ketones (excluding diaryl/α,β-unsaturated/α-hetero) is 1. The van der Waals surface area contributed by atoms with Crippen LogP contribution >= 0.6 is 0 Å². The number of rotatable bonds is 7. The van der Waals surface area contributed by atoms with Crippen LogP contribution in [-0.4, -0.2) is 29.4 Å². The Morgan fingerprint density at radius 1 is 1.36 bits per heavy atom. The number of carboxylic acid groups (broad SMARTS) is 1. The van der Waals surface area contributed by atoms with Gasteiger partial charge in [0.25, 0.3) is 0 Å². The van der Waals surface area contributed by atoms with E-state index in [1.165, 1.54) is 0 Å². The standard InChI is InChI=1S/C9H16N2O3/c1-6(9(13)14)8(12)7(11)4-2-3-5-10/h7H,1-5,10-11H2,(H,13,14)/t7-/m0/s1. The molecule has 5 nitrogen and oxygen atoms in total. The molecule has 0 saturated carbocycles. The number of aliphatic carboxylic acids is 1. The molecule has 0 heterocycles. The molecule has 0 radical (unpaired) electrons. The van der Waals surface area contributed by atoms with E-state index in [1.54, 1.807) is 0 Å². The Morgan fingerprint density at radius 3 is 2.36 bits per heavy atom. The van der Waals surface area contributed by atoms with Crippen molar-refractivity contribution in [2.45, 2.75) is 25.3 Å². The van der Waals surface area contributed by atoms with Crippen LogP contribution in [0.2, 0.25) is 0 Å². The van der Waals surface area contributed by atoms with Gasteiger partial charge in [0.2, 0.25) is 0 Å². The van der Waals surface area contributed by atoms with Crippen molar-refractivity contribution in [3.8, 4) is 0 Å². The van der Waals surface area contributed by atoms with E-state index in [4.69, 9.17) is 16.6 Å². The number of carbonyl (C=O) groups is 2. The van der Waals surface area contributed by atoms with E-state index in [-0.39, 0.29) is 0 Å². The molecule has 80 valence electrons. The van der Waals surface area contributed by atoms with Gasteiger partial charge in [0.1, 0.15) is 0 Å². The summed E-state index contributed by atoms with van der Waals surface area (Å²) in [5.74, 6) is -1.92. The normalized spacial score (nSPS) is 12.1. The van der Waals surface area contributed by atoms with Crippen molar-refractivity contribution >= 4 is 11.8 Å². The second-order valence-electron chi connectivity index (χ2n) is 3.04. The third-order valence-electron chi connectivity index (χ3n) is 1.86. The van der Waals surface area contributed by atoms with E-state index >= 15 is 0 Å². The first-order valence-corrected chi connectivity index (χ1v) is 4.42. The molecule has 0 aromatic heterocycles. The maximum Gasteiger partial charge on any atom is 0.338 e. The van der Waals surface area contributed by atoms with Crippen molar-refractivity contribution in [2.75, 3.05) is 6.54 Å². The molecule has 0 rings (SSSR count). The molecule has 14 heavy (non-hydrogen) atoms. The molecule has 0 aliphatic carbocycles. The van der Waals surface area contributed by atoms with Crippen LogP contribution in [0, 0.1) is 0 Å². The molecule has 5 heteroatoms. The minimum atomic E-state index is -1.32. The van der Waals surface area contributed by atoms with Gasteiger partial charge in [-0.2, -0.15) is 0 Å². The molecule has 0 aliphatic heterocycles. The zero-order valence-electron chi connectivity index (χ0n) is 8.03. The number of carbonyl (C=O) groups excluding carboxylic acids is 1. The summed E-state index contributed by atoms with van der Waals surface area (Å²) in [7, 11) is 0. The molecule has 0 aliphatic rings. The summed E-state index contributed by atoms with van der Waals surface area (Å²) < 4.78 is 0. The van der Waals surface area contributed by atoms with Crippen LogP contribution in [0.25, 0.3) is 0 Å². The Kier molecular flexibility index (Phi) is 5.74. The highest BCUT2D eigenvalue weighted by Gasteiger charge is 2.20. The first-order chi connectivity index (χ1) is 6.50. The van der Waals surface area contributed by atoms with Gasteiger partial charge in [-0.15, -0.1) is 0 Å². The Balaban J connectivity index is 3.99. The van der Waals surface area contributed by atoms with Crippen molar-refractivity contribution in [3.63, 3.8) is 0 Å². The maximum absolute atomic E-state index is 11.2. The number of ketones is 1. The molecule has 0 aromatic carbocycles. The van der Waals surface area contributed by atoms with Gasteiger partial charge < -0.3 is 16.6 Å². The van der Waals surface area contributed by atoms with E-state index in [1.807, 2.05) is 0 Å². The molecular weight excluding hydrogens is 184 g/mol. The van der Waals surface area contributed by atoms with E-state index in [9.17, 15) is 9.59 Å². The maximum atomic E-state index is 11.2. The molecular formula is C9H16N2O3. The fourth-order valence-electron chi connectivity index (χ4n) is 0.969. The quantitative estimate of drug-likeness (QED) is 0.225. The van der Waals surface area contributed by atoms with Crippen molar-refractivity contribution in [2.24, 2.45) is 11.5 Å². The van der Waals surface area contributed by atoms with Crippen LogP contribution < -0.4 is 11.5 Å². The third kappa shape index (κ3) is 4.15. The van der Waals surface area contributed by atoms with Crippen LogP contribution in [0.4, 0.5) is 0 Å². The zero-order valence-corrected chi connectivity index (χ0v) is 8.03. The van der Waals surface area contributed by atoms with Gasteiger partial charge in [-0.25, -0.2) is 4.79 Å². The Bertz CT molecular complexity index is 238. The first kappa shape index (κ1) is 12.8. The monoisotopic (exact) mass is 200 g/mol. The minimum absolute atomic E-state index is 0.447. The van der Waals surface area contributed by atoms with Crippen molar-refractivity contribution in [1.82, 2.24) is 0 Å². The second kappa shape index (κ2) is 6.28. The van der Waals surface area contributed by atoms with Gasteiger partial charge in [-0.05, 0) is 19.4 Å². The molecule has 0 unspecified atom stereocenters. The van der Waals surface area contributed by atoms with Crippen molar-refractivity contribution in [3.05, 3.63) is 12.2 Å². The largest absolute Gasteiger partial charge is 0.478 e. The van der Waals surface area contributed by atoms with Gasteiger partial charge in [0.05, 0.1) is 11.6 Å².